The number of hydrogen-bond acceptors (Lipinski definition) is 4. The van der Waals surface area contributed by atoms with Crippen LogP contribution in [0, 0.1) is 18.3 Å². The van der Waals surface area contributed by atoms with E-state index in [1.54, 1.807) is 6.07 Å². The molecule has 7 heteroatoms. The van der Waals surface area contributed by atoms with Crippen molar-refractivity contribution in [2.75, 3.05) is 0 Å². The predicted octanol–water partition coefficient (Wildman–Crippen LogP) is 1.81. The smallest absolute Gasteiger partial charge is 0.388 e. The number of pyridine rings is 1. The highest BCUT2D eigenvalue weighted by atomic mass is 19.4. The third-order valence-corrected chi connectivity index (χ3v) is 2.06. The molecule has 1 aromatic rings. The summed E-state index contributed by atoms with van der Waals surface area (Å²) in [5.41, 5.74) is 6.43. The maximum Gasteiger partial charge on any atom is 0.574 e. The zero-order valence-corrected chi connectivity index (χ0v) is 9.01. The number of nitriles is 1. The van der Waals surface area contributed by atoms with Crippen molar-refractivity contribution in [3.63, 3.8) is 0 Å². The van der Waals surface area contributed by atoms with Gasteiger partial charge >= 0.3 is 6.36 Å². The molecule has 1 heterocycles. The van der Waals surface area contributed by atoms with Crippen molar-refractivity contribution >= 4 is 0 Å². The van der Waals surface area contributed by atoms with Gasteiger partial charge in [0.05, 0.1) is 12.5 Å². The molecule has 0 saturated carbocycles. The molecule has 92 valence electrons. The van der Waals surface area contributed by atoms with Crippen molar-refractivity contribution < 1.29 is 17.9 Å². The topological polar surface area (TPSA) is 71.9 Å². The van der Waals surface area contributed by atoms with Gasteiger partial charge in [-0.05, 0) is 18.6 Å². The quantitative estimate of drug-likeness (QED) is 0.881. The van der Waals surface area contributed by atoms with Gasteiger partial charge in [-0.15, -0.1) is 13.2 Å². The molecule has 2 N–H and O–H groups in total. The van der Waals surface area contributed by atoms with Crippen LogP contribution in [0.3, 0.4) is 0 Å². The summed E-state index contributed by atoms with van der Waals surface area (Å²) < 4.78 is 40.1. The first-order valence-corrected chi connectivity index (χ1v) is 4.69. The molecule has 0 aromatic carbocycles. The van der Waals surface area contributed by atoms with E-state index in [4.69, 9.17) is 11.0 Å². The van der Waals surface area contributed by atoms with Crippen LogP contribution in [0.15, 0.2) is 6.07 Å². The van der Waals surface area contributed by atoms with Gasteiger partial charge in [0, 0.05) is 17.8 Å². The third kappa shape index (κ3) is 3.60. The number of aryl methyl sites for hydroxylation is 1. The minimum absolute atomic E-state index is 0.0795. The minimum Gasteiger partial charge on any atom is -0.388 e. The molecule has 0 fully saturated rings. The SMILES string of the molecule is Cc1nc(OC(F)(F)F)c(CC#N)cc1CN. The van der Waals surface area contributed by atoms with E-state index in [1.807, 2.05) is 0 Å². The second kappa shape index (κ2) is 5.01. The summed E-state index contributed by atoms with van der Waals surface area (Å²) in [7, 11) is 0. The second-order valence-electron chi connectivity index (χ2n) is 3.28. The Balaban J connectivity index is 3.19. The molecule has 0 bridgehead atoms. The Labute approximate surface area is 95.8 Å². The summed E-state index contributed by atoms with van der Waals surface area (Å²) in [4.78, 5) is 3.67. The van der Waals surface area contributed by atoms with E-state index in [9.17, 15) is 13.2 Å². The summed E-state index contributed by atoms with van der Waals surface area (Å²) in [6.07, 6.45) is -5.04. The molecule has 0 saturated heterocycles. The van der Waals surface area contributed by atoms with Crippen LogP contribution < -0.4 is 10.5 Å². The number of aromatic nitrogens is 1. The fourth-order valence-corrected chi connectivity index (χ4v) is 1.29. The summed E-state index contributed by atoms with van der Waals surface area (Å²) >= 11 is 0. The Morgan fingerprint density at radius 2 is 2.12 bits per heavy atom. The molecule has 0 aliphatic carbocycles. The van der Waals surface area contributed by atoms with Gasteiger partial charge in [0.1, 0.15) is 0 Å². The number of rotatable bonds is 3. The van der Waals surface area contributed by atoms with E-state index in [0.717, 1.165) is 0 Å². The van der Waals surface area contributed by atoms with Gasteiger partial charge in [-0.1, -0.05) is 0 Å². The molecule has 0 radical (unpaired) electrons. The standard InChI is InChI=1S/C10H10F3N3O/c1-6-8(5-15)4-7(2-3-14)9(16-6)17-10(11,12)13/h4H,2,5,15H2,1H3. The molecule has 0 amide bonds. The maximum absolute atomic E-state index is 12.1. The molecule has 0 spiro atoms. The lowest BCUT2D eigenvalue weighted by molar-refractivity contribution is -0.276. The number of ether oxygens (including phenoxy) is 1. The van der Waals surface area contributed by atoms with E-state index in [-0.39, 0.29) is 18.5 Å². The van der Waals surface area contributed by atoms with Gasteiger partial charge in [-0.25, -0.2) is 4.98 Å². The van der Waals surface area contributed by atoms with E-state index < -0.39 is 12.2 Å². The largest absolute Gasteiger partial charge is 0.574 e. The van der Waals surface area contributed by atoms with Crippen LogP contribution in [0.4, 0.5) is 13.2 Å². The summed E-state index contributed by atoms with van der Waals surface area (Å²) in [5.74, 6) is -0.589. The first-order valence-electron chi connectivity index (χ1n) is 4.69. The number of hydrogen-bond donors (Lipinski definition) is 1. The van der Waals surface area contributed by atoms with E-state index in [0.29, 0.717) is 11.3 Å². The lowest BCUT2D eigenvalue weighted by atomic mass is 10.1. The summed E-state index contributed by atoms with van der Waals surface area (Å²) in [6.45, 7) is 1.67. The number of nitrogens with two attached hydrogens (primary N) is 1. The van der Waals surface area contributed by atoms with Gasteiger partial charge < -0.3 is 10.5 Å². The van der Waals surface area contributed by atoms with Crippen LogP contribution in [0.2, 0.25) is 0 Å². The molecular weight excluding hydrogens is 235 g/mol. The summed E-state index contributed by atoms with van der Waals surface area (Å²) in [5, 5.41) is 8.53. The average Bonchev–Trinajstić information content (AvgIpc) is 2.20. The first-order chi connectivity index (χ1) is 7.87. The van der Waals surface area contributed by atoms with Crippen molar-refractivity contribution in [2.45, 2.75) is 26.3 Å². The highest BCUT2D eigenvalue weighted by Gasteiger charge is 2.33. The molecule has 0 aliphatic heterocycles. The fourth-order valence-electron chi connectivity index (χ4n) is 1.29. The molecule has 1 rings (SSSR count). The van der Waals surface area contributed by atoms with E-state index in [2.05, 4.69) is 9.72 Å². The zero-order chi connectivity index (χ0) is 13.1. The van der Waals surface area contributed by atoms with Gasteiger partial charge in [-0.3, -0.25) is 0 Å². The molecule has 0 atom stereocenters. The zero-order valence-electron chi connectivity index (χ0n) is 9.01. The normalized spacial score (nSPS) is 11.1. The number of alkyl halides is 3. The van der Waals surface area contributed by atoms with Gasteiger partial charge in [-0.2, -0.15) is 5.26 Å². The van der Waals surface area contributed by atoms with Crippen LogP contribution in [0.1, 0.15) is 16.8 Å². The number of nitrogens with zero attached hydrogens (tertiary/aromatic N) is 2. The Morgan fingerprint density at radius 1 is 1.47 bits per heavy atom. The van der Waals surface area contributed by atoms with Crippen molar-refractivity contribution in [1.82, 2.24) is 4.98 Å². The highest BCUT2D eigenvalue weighted by molar-refractivity contribution is 5.35. The van der Waals surface area contributed by atoms with Crippen molar-refractivity contribution in [3.05, 3.63) is 22.9 Å². The van der Waals surface area contributed by atoms with Gasteiger partial charge in [0.25, 0.3) is 0 Å². The van der Waals surface area contributed by atoms with Crippen molar-refractivity contribution in [1.29, 1.82) is 5.26 Å². The highest BCUT2D eigenvalue weighted by Crippen LogP contribution is 2.26. The van der Waals surface area contributed by atoms with Crippen LogP contribution in [-0.2, 0) is 13.0 Å². The van der Waals surface area contributed by atoms with E-state index in [1.165, 1.54) is 13.0 Å². The first kappa shape index (κ1) is 13.3. The van der Waals surface area contributed by atoms with E-state index >= 15 is 0 Å². The maximum atomic E-state index is 12.1. The fraction of sp³-hybridized carbons (Fsp3) is 0.400. The Kier molecular flexibility index (Phi) is 3.91. The minimum atomic E-state index is -4.83. The van der Waals surface area contributed by atoms with Crippen molar-refractivity contribution in [3.8, 4) is 11.9 Å². The Bertz CT molecular complexity index is 451. The lowest BCUT2D eigenvalue weighted by Gasteiger charge is -2.13. The molecule has 0 aliphatic rings. The predicted molar refractivity (Wildman–Crippen MR) is 52.9 cm³/mol. The third-order valence-electron chi connectivity index (χ3n) is 2.06. The Morgan fingerprint density at radius 3 is 2.59 bits per heavy atom. The Hall–Kier alpha value is -1.81. The van der Waals surface area contributed by atoms with Crippen molar-refractivity contribution in [2.24, 2.45) is 5.73 Å². The summed E-state index contributed by atoms with van der Waals surface area (Å²) in [6, 6.07) is 3.16. The average molecular weight is 245 g/mol. The van der Waals surface area contributed by atoms with Gasteiger partial charge in [0.2, 0.25) is 5.88 Å². The number of halogens is 3. The monoisotopic (exact) mass is 245 g/mol. The molecule has 1 aromatic heterocycles. The molecule has 0 unspecified atom stereocenters. The van der Waals surface area contributed by atoms with Crippen LogP contribution >= 0.6 is 0 Å². The lowest BCUT2D eigenvalue weighted by Crippen LogP contribution is -2.19. The van der Waals surface area contributed by atoms with Crippen LogP contribution in [-0.4, -0.2) is 11.3 Å². The molecule has 17 heavy (non-hydrogen) atoms. The van der Waals surface area contributed by atoms with Gasteiger partial charge in [0.15, 0.2) is 0 Å². The molecular formula is C10H10F3N3O. The van der Waals surface area contributed by atoms with Crippen LogP contribution in [0.25, 0.3) is 0 Å². The van der Waals surface area contributed by atoms with Crippen LogP contribution in [0.5, 0.6) is 5.88 Å². The second-order valence-corrected chi connectivity index (χ2v) is 3.28. The molecule has 4 nitrogen and oxygen atoms in total.